The summed E-state index contributed by atoms with van der Waals surface area (Å²) in [4.78, 5) is 18.5. The van der Waals surface area contributed by atoms with Crippen molar-refractivity contribution in [2.24, 2.45) is 0 Å². The summed E-state index contributed by atoms with van der Waals surface area (Å²) in [5, 5.41) is 9.83. The van der Waals surface area contributed by atoms with E-state index >= 15 is 0 Å². The smallest absolute Gasteiger partial charge is 0.320 e. The number of ether oxygens (including phenoxy) is 3. The molecule has 29 heavy (non-hydrogen) atoms. The molecule has 2 aromatic rings. The Hall–Kier alpha value is -2.80. The van der Waals surface area contributed by atoms with Crippen molar-refractivity contribution in [3.05, 3.63) is 47.8 Å². The van der Waals surface area contributed by atoms with Crippen LogP contribution in [0.5, 0.6) is 17.2 Å². The summed E-state index contributed by atoms with van der Waals surface area (Å²) >= 11 is 0. The number of likely N-dealkylation sites (tertiary alicyclic amines) is 1. The lowest BCUT2D eigenvalue weighted by atomic mass is 9.93. The number of aliphatic carboxylic acids is 1. The van der Waals surface area contributed by atoms with E-state index < -0.39 is 12.0 Å². The maximum atomic E-state index is 12.0. The standard InChI is InChI=1S/C22H28N2O5/c1-27-19-12-15(13-20(28-2)21(19)29-3)18(14-16-8-4-6-10-23-16)24-11-7-5-9-17(24)22(25)26/h4,6,8,10,12-13,17-18H,5,7,9,11,14H2,1-3H3,(H,25,26). The van der Waals surface area contributed by atoms with Gasteiger partial charge in [-0.1, -0.05) is 12.5 Å². The van der Waals surface area contributed by atoms with Crippen LogP contribution in [0.1, 0.15) is 36.6 Å². The average molecular weight is 400 g/mol. The van der Waals surface area contributed by atoms with E-state index in [0.29, 0.717) is 36.6 Å². The van der Waals surface area contributed by atoms with Gasteiger partial charge in [-0.3, -0.25) is 14.7 Å². The highest BCUT2D eigenvalue weighted by Gasteiger charge is 2.35. The van der Waals surface area contributed by atoms with Crippen LogP contribution in [-0.2, 0) is 11.2 Å². The van der Waals surface area contributed by atoms with Gasteiger partial charge in [-0.15, -0.1) is 0 Å². The molecule has 2 unspecified atom stereocenters. The molecule has 2 atom stereocenters. The number of carboxylic acid groups (broad SMARTS) is 1. The zero-order valence-electron chi connectivity index (χ0n) is 17.1. The van der Waals surface area contributed by atoms with Gasteiger partial charge in [-0.05, 0) is 49.2 Å². The van der Waals surface area contributed by atoms with Crippen molar-refractivity contribution in [2.75, 3.05) is 27.9 Å². The molecule has 1 aliphatic rings. The number of methoxy groups -OCH3 is 3. The van der Waals surface area contributed by atoms with Gasteiger partial charge in [-0.25, -0.2) is 0 Å². The molecule has 7 nitrogen and oxygen atoms in total. The molecule has 1 fully saturated rings. The predicted octanol–water partition coefficient (Wildman–Crippen LogP) is 3.33. The van der Waals surface area contributed by atoms with E-state index in [0.717, 1.165) is 24.1 Å². The van der Waals surface area contributed by atoms with Crippen LogP contribution in [-0.4, -0.2) is 54.9 Å². The Morgan fingerprint density at radius 1 is 1.17 bits per heavy atom. The molecule has 1 saturated heterocycles. The number of carboxylic acids is 1. The highest BCUT2D eigenvalue weighted by atomic mass is 16.5. The zero-order valence-corrected chi connectivity index (χ0v) is 17.1. The van der Waals surface area contributed by atoms with Gasteiger partial charge in [0, 0.05) is 24.4 Å². The molecule has 156 valence electrons. The number of carbonyl (C=O) groups is 1. The summed E-state index contributed by atoms with van der Waals surface area (Å²) in [6, 6.07) is 8.88. The number of aromatic nitrogens is 1. The first kappa shape index (κ1) is 20.9. The van der Waals surface area contributed by atoms with E-state index in [9.17, 15) is 9.90 Å². The Morgan fingerprint density at radius 3 is 2.45 bits per heavy atom. The fraction of sp³-hybridized carbons (Fsp3) is 0.455. The van der Waals surface area contributed by atoms with Gasteiger partial charge in [0.05, 0.1) is 21.3 Å². The Balaban J connectivity index is 2.08. The van der Waals surface area contributed by atoms with Gasteiger partial charge in [0.1, 0.15) is 6.04 Å². The van der Waals surface area contributed by atoms with Crippen LogP contribution in [0.4, 0.5) is 0 Å². The number of benzene rings is 1. The number of rotatable bonds is 8. The lowest BCUT2D eigenvalue weighted by Gasteiger charge is -2.39. The number of piperidine rings is 1. The van der Waals surface area contributed by atoms with E-state index in [4.69, 9.17) is 14.2 Å². The molecule has 0 radical (unpaired) electrons. The molecule has 1 N–H and O–H groups in total. The molecule has 1 aliphatic heterocycles. The van der Waals surface area contributed by atoms with Gasteiger partial charge in [0.25, 0.3) is 0 Å². The summed E-state index contributed by atoms with van der Waals surface area (Å²) in [5.41, 5.74) is 1.82. The Bertz CT molecular complexity index is 802. The summed E-state index contributed by atoms with van der Waals surface area (Å²) in [5.74, 6) is 0.834. The maximum absolute atomic E-state index is 12.0. The summed E-state index contributed by atoms with van der Waals surface area (Å²) in [6.45, 7) is 0.713. The lowest BCUT2D eigenvalue weighted by Crippen LogP contribution is -2.47. The Kier molecular flexibility index (Phi) is 6.93. The summed E-state index contributed by atoms with van der Waals surface area (Å²) in [6.07, 6.45) is 4.86. The minimum absolute atomic E-state index is 0.181. The van der Waals surface area contributed by atoms with E-state index in [1.54, 1.807) is 27.5 Å². The van der Waals surface area contributed by atoms with E-state index in [1.165, 1.54) is 0 Å². The molecule has 0 aliphatic carbocycles. The summed E-state index contributed by atoms with van der Waals surface area (Å²) < 4.78 is 16.5. The molecule has 0 spiro atoms. The average Bonchev–Trinajstić information content (AvgIpc) is 2.77. The minimum atomic E-state index is -0.789. The molecule has 1 aromatic carbocycles. The molecule has 2 heterocycles. The van der Waals surface area contributed by atoms with E-state index in [1.807, 2.05) is 30.3 Å². The van der Waals surface area contributed by atoms with Crippen LogP contribution < -0.4 is 14.2 Å². The Morgan fingerprint density at radius 2 is 1.90 bits per heavy atom. The van der Waals surface area contributed by atoms with Gasteiger partial charge >= 0.3 is 5.97 Å². The number of hydrogen-bond acceptors (Lipinski definition) is 6. The Labute approximate surface area is 171 Å². The van der Waals surface area contributed by atoms with Crippen molar-refractivity contribution in [1.82, 2.24) is 9.88 Å². The molecular formula is C22H28N2O5. The minimum Gasteiger partial charge on any atom is -0.493 e. The van der Waals surface area contributed by atoms with Crippen LogP contribution in [0.2, 0.25) is 0 Å². The van der Waals surface area contributed by atoms with Gasteiger partial charge < -0.3 is 19.3 Å². The largest absolute Gasteiger partial charge is 0.493 e. The maximum Gasteiger partial charge on any atom is 0.320 e. The predicted molar refractivity (Wildman–Crippen MR) is 109 cm³/mol. The fourth-order valence-corrected chi connectivity index (χ4v) is 4.03. The lowest BCUT2D eigenvalue weighted by molar-refractivity contribution is -0.146. The fourth-order valence-electron chi connectivity index (χ4n) is 4.03. The second-order valence-corrected chi connectivity index (χ2v) is 7.09. The molecule has 0 saturated carbocycles. The van der Waals surface area contributed by atoms with Crippen LogP contribution in [0, 0.1) is 0 Å². The first-order valence-corrected chi connectivity index (χ1v) is 9.77. The third-order valence-corrected chi connectivity index (χ3v) is 5.43. The van der Waals surface area contributed by atoms with Crippen molar-refractivity contribution in [3.63, 3.8) is 0 Å². The first-order valence-electron chi connectivity index (χ1n) is 9.77. The van der Waals surface area contributed by atoms with Crippen LogP contribution in [0.15, 0.2) is 36.5 Å². The van der Waals surface area contributed by atoms with Gasteiger partial charge in [0.15, 0.2) is 11.5 Å². The van der Waals surface area contributed by atoms with Crippen LogP contribution >= 0.6 is 0 Å². The van der Waals surface area contributed by atoms with E-state index in [2.05, 4.69) is 9.88 Å². The zero-order chi connectivity index (χ0) is 20.8. The second kappa shape index (κ2) is 9.60. The second-order valence-electron chi connectivity index (χ2n) is 7.09. The van der Waals surface area contributed by atoms with E-state index in [-0.39, 0.29) is 6.04 Å². The number of nitrogens with zero attached hydrogens (tertiary/aromatic N) is 2. The van der Waals surface area contributed by atoms with Crippen molar-refractivity contribution in [3.8, 4) is 17.2 Å². The van der Waals surface area contributed by atoms with Crippen LogP contribution in [0.25, 0.3) is 0 Å². The highest BCUT2D eigenvalue weighted by molar-refractivity contribution is 5.73. The monoisotopic (exact) mass is 400 g/mol. The first-order chi connectivity index (χ1) is 14.1. The van der Waals surface area contributed by atoms with Crippen LogP contribution in [0.3, 0.4) is 0 Å². The molecule has 0 bridgehead atoms. The third kappa shape index (κ3) is 4.62. The topological polar surface area (TPSA) is 81.1 Å². The van der Waals surface area contributed by atoms with Crippen molar-refractivity contribution in [1.29, 1.82) is 0 Å². The quantitative estimate of drug-likeness (QED) is 0.728. The highest BCUT2D eigenvalue weighted by Crippen LogP contribution is 2.42. The van der Waals surface area contributed by atoms with Gasteiger partial charge in [-0.2, -0.15) is 0 Å². The van der Waals surface area contributed by atoms with Gasteiger partial charge in [0.2, 0.25) is 5.75 Å². The summed E-state index contributed by atoms with van der Waals surface area (Å²) in [7, 11) is 4.72. The number of pyridine rings is 1. The molecular weight excluding hydrogens is 372 g/mol. The van der Waals surface area contributed by atoms with Crippen molar-refractivity contribution >= 4 is 5.97 Å². The van der Waals surface area contributed by atoms with Crippen molar-refractivity contribution in [2.45, 2.75) is 37.8 Å². The SMILES string of the molecule is COc1cc(C(Cc2ccccn2)N2CCCCC2C(=O)O)cc(OC)c1OC. The van der Waals surface area contributed by atoms with Crippen molar-refractivity contribution < 1.29 is 24.1 Å². The normalized spacial score (nSPS) is 18.1. The molecule has 3 rings (SSSR count). The molecule has 1 aromatic heterocycles. The molecule has 0 amide bonds. The molecule has 7 heteroatoms. The third-order valence-electron chi connectivity index (χ3n) is 5.43. The number of hydrogen-bond donors (Lipinski definition) is 1.